The van der Waals surface area contributed by atoms with Gasteiger partial charge in [0.25, 0.3) is 0 Å². The van der Waals surface area contributed by atoms with E-state index in [1.807, 2.05) is 24.2 Å². The van der Waals surface area contributed by atoms with Gasteiger partial charge in [0.05, 0.1) is 0 Å². The highest BCUT2D eigenvalue weighted by Gasteiger charge is 2.32. The Morgan fingerprint density at radius 3 is 2.77 bits per heavy atom. The van der Waals surface area contributed by atoms with Gasteiger partial charge in [-0.2, -0.15) is 0 Å². The minimum atomic E-state index is 0.0732. The van der Waals surface area contributed by atoms with Crippen LogP contribution in [0.25, 0.3) is 0 Å². The Labute approximate surface area is 156 Å². The molecule has 2 amide bonds. The number of benzene rings is 1. The molecule has 0 aliphatic heterocycles. The molecule has 2 aromatic rings. The molecule has 1 saturated carbocycles. The minimum absolute atomic E-state index is 0.0732. The first kappa shape index (κ1) is 18.5. The van der Waals surface area contributed by atoms with E-state index < -0.39 is 0 Å². The van der Waals surface area contributed by atoms with Gasteiger partial charge in [-0.3, -0.25) is 0 Å². The van der Waals surface area contributed by atoms with E-state index in [0.717, 1.165) is 43.7 Å². The predicted molar refractivity (Wildman–Crippen MR) is 104 cm³/mol. The zero-order valence-corrected chi connectivity index (χ0v) is 16.1. The Morgan fingerprint density at radius 1 is 1.35 bits per heavy atom. The number of nitrogens with zero attached hydrogens (tertiary/aromatic N) is 3. The van der Waals surface area contributed by atoms with Gasteiger partial charge in [0.2, 0.25) is 0 Å². The number of amides is 2. The number of imidazole rings is 1. The third-order valence-corrected chi connectivity index (χ3v) is 4.91. The fourth-order valence-corrected chi connectivity index (χ4v) is 3.12. The van der Waals surface area contributed by atoms with Crippen molar-refractivity contribution in [3.63, 3.8) is 0 Å². The molecule has 1 aromatic carbocycles. The van der Waals surface area contributed by atoms with Crippen LogP contribution in [-0.2, 0) is 13.1 Å². The predicted octanol–water partition coefficient (Wildman–Crippen LogP) is 3.96. The van der Waals surface area contributed by atoms with Crippen molar-refractivity contribution < 1.29 is 4.79 Å². The lowest BCUT2D eigenvalue weighted by atomic mass is 10.1. The summed E-state index contributed by atoms with van der Waals surface area (Å²) >= 11 is 0. The first-order valence-electron chi connectivity index (χ1n) is 9.63. The second-order valence-electron chi connectivity index (χ2n) is 7.69. The van der Waals surface area contributed by atoms with Gasteiger partial charge in [0.1, 0.15) is 5.82 Å². The van der Waals surface area contributed by atoms with Crippen LogP contribution >= 0.6 is 0 Å². The standard InChI is InChI=1S/C21H30N4O/c1-16(2)9-11-25(20-7-8-20)21(26)23-14-18-5-4-6-19(13-18)15-24-12-10-22-17(24)3/h4-6,10,12-13,16,20H,7-9,11,14-15H2,1-3H3,(H,23,26). The second-order valence-corrected chi connectivity index (χ2v) is 7.69. The van der Waals surface area contributed by atoms with Crippen molar-refractivity contribution in [3.8, 4) is 0 Å². The Morgan fingerprint density at radius 2 is 2.12 bits per heavy atom. The second kappa shape index (κ2) is 8.39. The fourth-order valence-electron chi connectivity index (χ4n) is 3.12. The molecule has 3 rings (SSSR count). The molecular formula is C21H30N4O. The summed E-state index contributed by atoms with van der Waals surface area (Å²) in [6.45, 7) is 8.64. The third-order valence-electron chi connectivity index (χ3n) is 4.91. The van der Waals surface area contributed by atoms with Gasteiger partial charge in [0.15, 0.2) is 0 Å². The monoisotopic (exact) mass is 354 g/mol. The summed E-state index contributed by atoms with van der Waals surface area (Å²) in [5, 5.41) is 3.11. The van der Waals surface area contributed by atoms with Gasteiger partial charge in [-0.25, -0.2) is 9.78 Å². The van der Waals surface area contributed by atoms with E-state index in [4.69, 9.17) is 0 Å². The molecule has 140 valence electrons. The van der Waals surface area contributed by atoms with Gasteiger partial charge >= 0.3 is 6.03 Å². The van der Waals surface area contributed by atoms with Crippen LogP contribution in [0.1, 0.15) is 50.1 Å². The zero-order chi connectivity index (χ0) is 18.5. The van der Waals surface area contributed by atoms with E-state index in [1.54, 1.807) is 0 Å². The summed E-state index contributed by atoms with van der Waals surface area (Å²) in [7, 11) is 0. The van der Waals surface area contributed by atoms with Crippen LogP contribution < -0.4 is 5.32 Å². The number of hydrogen-bond donors (Lipinski definition) is 1. The molecule has 5 heteroatoms. The molecule has 1 aliphatic carbocycles. The van der Waals surface area contributed by atoms with Crippen molar-refractivity contribution >= 4 is 6.03 Å². The number of aryl methyl sites for hydroxylation is 1. The Hall–Kier alpha value is -2.30. The van der Waals surface area contributed by atoms with Crippen LogP contribution in [0, 0.1) is 12.8 Å². The number of rotatable bonds is 8. The first-order valence-corrected chi connectivity index (χ1v) is 9.63. The lowest BCUT2D eigenvalue weighted by molar-refractivity contribution is 0.191. The van der Waals surface area contributed by atoms with Gasteiger partial charge in [-0.05, 0) is 43.2 Å². The molecular weight excluding hydrogens is 324 g/mol. The van der Waals surface area contributed by atoms with Gasteiger partial charge in [-0.15, -0.1) is 0 Å². The molecule has 26 heavy (non-hydrogen) atoms. The van der Waals surface area contributed by atoms with E-state index in [2.05, 4.69) is 53.0 Å². The van der Waals surface area contributed by atoms with E-state index >= 15 is 0 Å². The maximum Gasteiger partial charge on any atom is 0.317 e. The number of carbonyl (C=O) groups is 1. The van der Waals surface area contributed by atoms with Crippen molar-refractivity contribution in [2.45, 2.75) is 59.2 Å². The topological polar surface area (TPSA) is 50.2 Å². The number of aromatic nitrogens is 2. The third kappa shape index (κ3) is 5.10. The van der Waals surface area contributed by atoms with Crippen LogP contribution in [0.3, 0.4) is 0 Å². The van der Waals surface area contributed by atoms with Gasteiger partial charge in [-0.1, -0.05) is 38.1 Å². The van der Waals surface area contributed by atoms with Gasteiger partial charge < -0.3 is 14.8 Å². The summed E-state index contributed by atoms with van der Waals surface area (Å²) in [5.74, 6) is 1.63. The van der Waals surface area contributed by atoms with E-state index in [-0.39, 0.29) is 6.03 Å². The molecule has 0 unspecified atom stereocenters. The Bertz CT molecular complexity index is 733. The SMILES string of the molecule is Cc1nccn1Cc1cccc(CNC(=O)N(CCC(C)C)C2CC2)c1. The van der Waals surface area contributed by atoms with Crippen LogP contribution in [-0.4, -0.2) is 33.1 Å². The van der Waals surface area contributed by atoms with Crippen molar-refractivity contribution in [1.29, 1.82) is 0 Å². The lowest BCUT2D eigenvalue weighted by Crippen LogP contribution is -2.42. The number of carbonyl (C=O) groups excluding carboxylic acids is 1. The molecule has 0 saturated heterocycles. The van der Waals surface area contributed by atoms with E-state index in [9.17, 15) is 4.79 Å². The molecule has 0 atom stereocenters. The normalized spacial score (nSPS) is 13.8. The molecule has 1 fully saturated rings. The molecule has 1 aliphatic rings. The molecule has 1 aromatic heterocycles. The molecule has 1 heterocycles. The van der Waals surface area contributed by atoms with E-state index in [1.165, 1.54) is 5.56 Å². The van der Waals surface area contributed by atoms with Crippen molar-refractivity contribution in [3.05, 3.63) is 53.6 Å². The highest BCUT2D eigenvalue weighted by molar-refractivity contribution is 5.74. The molecule has 0 spiro atoms. The minimum Gasteiger partial charge on any atom is -0.334 e. The first-order chi connectivity index (χ1) is 12.5. The molecule has 0 bridgehead atoms. The summed E-state index contributed by atoms with van der Waals surface area (Å²) in [5.41, 5.74) is 2.35. The van der Waals surface area contributed by atoms with Crippen molar-refractivity contribution in [2.75, 3.05) is 6.54 Å². The maximum atomic E-state index is 12.6. The van der Waals surface area contributed by atoms with E-state index in [0.29, 0.717) is 18.5 Å². The van der Waals surface area contributed by atoms with Crippen LogP contribution in [0.4, 0.5) is 4.79 Å². The highest BCUT2D eigenvalue weighted by Crippen LogP contribution is 2.27. The van der Waals surface area contributed by atoms with Crippen LogP contribution in [0.15, 0.2) is 36.7 Å². The Kier molecular flexibility index (Phi) is 5.96. The summed E-state index contributed by atoms with van der Waals surface area (Å²) in [6.07, 6.45) is 7.16. The fraction of sp³-hybridized carbons (Fsp3) is 0.524. The summed E-state index contributed by atoms with van der Waals surface area (Å²) in [6, 6.07) is 8.92. The van der Waals surface area contributed by atoms with Crippen molar-refractivity contribution in [2.24, 2.45) is 5.92 Å². The number of hydrogen-bond acceptors (Lipinski definition) is 2. The van der Waals surface area contributed by atoms with Crippen LogP contribution in [0.5, 0.6) is 0 Å². The van der Waals surface area contributed by atoms with Gasteiger partial charge in [0, 0.05) is 38.1 Å². The smallest absolute Gasteiger partial charge is 0.317 e. The number of urea groups is 1. The van der Waals surface area contributed by atoms with Crippen LogP contribution in [0.2, 0.25) is 0 Å². The Balaban J connectivity index is 1.56. The summed E-state index contributed by atoms with van der Waals surface area (Å²) in [4.78, 5) is 18.9. The molecule has 5 nitrogen and oxygen atoms in total. The largest absolute Gasteiger partial charge is 0.334 e. The zero-order valence-electron chi connectivity index (χ0n) is 16.1. The maximum absolute atomic E-state index is 12.6. The molecule has 0 radical (unpaired) electrons. The average Bonchev–Trinajstić information content (AvgIpc) is 3.37. The quantitative estimate of drug-likeness (QED) is 0.780. The van der Waals surface area contributed by atoms with Crippen molar-refractivity contribution in [1.82, 2.24) is 19.8 Å². The number of nitrogens with one attached hydrogen (secondary N) is 1. The highest BCUT2D eigenvalue weighted by atomic mass is 16.2. The average molecular weight is 354 g/mol. The molecule has 1 N–H and O–H groups in total. The lowest BCUT2D eigenvalue weighted by Gasteiger charge is -2.24. The summed E-state index contributed by atoms with van der Waals surface area (Å²) < 4.78 is 2.12.